The fourth-order valence-corrected chi connectivity index (χ4v) is 4.25. The molecular formula is C22H33FIN7O. The van der Waals surface area contributed by atoms with Crippen LogP contribution in [0.2, 0.25) is 0 Å². The number of rotatable bonds is 5. The molecule has 0 radical (unpaired) electrons. The molecule has 1 saturated heterocycles. The van der Waals surface area contributed by atoms with E-state index in [4.69, 9.17) is 0 Å². The average Bonchev–Trinajstić information content (AvgIpc) is 3.12. The number of nitrogens with zero attached hydrogens (tertiary/aromatic N) is 5. The van der Waals surface area contributed by atoms with Crippen molar-refractivity contribution in [3.63, 3.8) is 0 Å². The number of aliphatic imine (C=N–C) groups is 1. The van der Waals surface area contributed by atoms with E-state index in [2.05, 4.69) is 25.7 Å². The Morgan fingerprint density at radius 1 is 1.28 bits per heavy atom. The summed E-state index contributed by atoms with van der Waals surface area (Å²) >= 11 is 0. The first-order valence-electron chi connectivity index (χ1n) is 11.2. The number of aliphatic hydroxyl groups excluding tert-OH is 1. The van der Waals surface area contributed by atoms with Gasteiger partial charge in [-0.25, -0.2) is 19.0 Å². The summed E-state index contributed by atoms with van der Waals surface area (Å²) in [6.45, 7) is 7.21. The van der Waals surface area contributed by atoms with Crippen molar-refractivity contribution in [1.29, 1.82) is 0 Å². The molecule has 2 aliphatic rings. The minimum absolute atomic E-state index is 0. The molecule has 2 aromatic rings. The number of guanidine groups is 1. The Morgan fingerprint density at radius 3 is 2.78 bits per heavy atom. The number of anilines is 1. The molecule has 0 bridgehead atoms. The number of halogens is 2. The predicted octanol–water partition coefficient (Wildman–Crippen LogP) is 2.37. The van der Waals surface area contributed by atoms with E-state index in [1.54, 1.807) is 6.07 Å². The van der Waals surface area contributed by atoms with Crippen LogP contribution in [-0.4, -0.2) is 57.6 Å². The van der Waals surface area contributed by atoms with Crippen LogP contribution in [0.15, 0.2) is 23.2 Å². The summed E-state index contributed by atoms with van der Waals surface area (Å²) in [6, 6.07) is 5.55. The van der Waals surface area contributed by atoms with Gasteiger partial charge in [0, 0.05) is 32.1 Å². The predicted molar refractivity (Wildman–Crippen MR) is 134 cm³/mol. The van der Waals surface area contributed by atoms with E-state index in [0.717, 1.165) is 49.1 Å². The zero-order valence-corrected chi connectivity index (χ0v) is 21.1. The Balaban J connectivity index is 0.00000289. The summed E-state index contributed by atoms with van der Waals surface area (Å²) in [7, 11) is 0. The smallest absolute Gasteiger partial charge is 0.191 e. The number of aromatic nitrogens is 3. The topological polar surface area (TPSA) is 90.6 Å². The van der Waals surface area contributed by atoms with E-state index >= 15 is 0 Å². The van der Waals surface area contributed by atoms with Crippen molar-refractivity contribution in [2.45, 2.75) is 64.8 Å². The van der Waals surface area contributed by atoms with Crippen molar-refractivity contribution >= 4 is 35.6 Å². The first-order chi connectivity index (χ1) is 15.0. The van der Waals surface area contributed by atoms with Crippen LogP contribution < -0.4 is 15.5 Å². The SMILES string of the molecule is CCNC(=NCc1ccc(N2CCC(O)CC2)c(F)c1)NC1CCc2nc(C)nn2C1.I. The molecule has 176 valence electrons. The second-order valence-electron chi connectivity index (χ2n) is 8.34. The van der Waals surface area contributed by atoms with Crippen LogP contribution in [0.1, 0.15) is 43.4 Å². The number of nitrogens with one attached hydrogen (secondary N) is 2. The molecule has 8 nitrogen and oxygen atoms in total. The third kappa shape index (κ3) is 6.09. The van der Waals surface area contributed by atoms with Crippen molar-refractivity contribution < 1.29 is 9.50 Å². The van der Waals surface area contributed by atoms with Crippen molar-refractivity contribution in [2.24, 2.45) is 4.99 Å². The minimum Gasteiger partial charge on any atom is -0.393 e. The van der Waals surface area contributed by atoms with E-state index in [0.29, 0.717) is 38.2 Å². The second kappa shape index (κ2) is 11.3. The van der Waals surface area contributed by atoms with Gasteiger partial charge in [-0.15, -0.1) is 24.0 Å². The highest BCUT2D eigenvalue weighted by Gasteiger charge is 2.22. The lowest BCUT2D eigenvalue weighted by Crippen LogP contribution is -2.47. The molecule has 3 heterocycles. The molecule has 3 N–H and O–H groups in total. The van der Waals surface area contributed by atoms with Crippen LogP contribution in [0, 0.1) is 12.7 Å². The fourth-order valence-electron chi connectivity index (χ4n) is 4.25. The molecule has 0 spiro atoms. The fraction of sp³-hybridized carbons (Fsp3) is 0.591. The van der Waals surface area contributed by atoms with Gasteiger partial charge in [-0.1, -0.05) is 6.07 Å². The van der Waals surface area contributed by atoms with Crippen LogP contribution >= 0.6 is 24.0 Å². The molecule has 1 aromatic carbocycles. The first-order valence-corrected chi connectivity index (χ1v) is 11.2. The van der Waals surface area contributed by atoms with Gasteiger partial charge in [0.05, 0.1) is 24.9 Å². The highest BCUT2D eigenvalue weighted by atomic mass is 127. The molecule has 1 atom stereocenters. The molecule has 0 amide bonds. The molecular weight excluding hydrogens is 524 g/mol. The van der Waals surface area contributed by atoms with E-state index in [-0.39, 0.29) is 41.9 Å². The largest absolute Gasteiger partial charge is 0.393 e. The Morgan fingerprint density at radius 2 is 2.06 bits per heavy atom. The van der Waals surface area contributed by atoms with Gasteiger partial charge >= 0.3 is 0 Å². The second-order valence-corrected chi connectivity index (χ2v) is 8.34. The number of fused-ring (bicyclic) bond motifs is 1. The van der Waals surface area contributed by atoms with Gasteiger partial charge in [0.2, 0.25) is 0 Å². The lowest BCUT2D eigenvalue weighted by molar-refractivity contribution is 0.145. The van der Waals surface area contributed by atoms with Gasteiger partial charge in [0.15, 0.2) is 5.96 Å². The van der Waals surface area contributed by atoms with Crippen molar-refractivity contribution in [3.05, 3.63) is 41.2 Å². The van der Waals surface area contributed by atoms with Crippen LogP contribution in [-0.2, 0) is 19.5 Å². The lowest BCUT2D eigenvalue weighted by Gasteiger charge is -2.31. The van der Waals surface area contributed by atoms with Gasteiger partial charge in [-0.3, -0.25) is 0 Å². The summed E-state index contributed by atoms with van der Waals surface area (Å²) in [5.74, 6) is 2.34. The lowest BCUT2D eigenvalue weighted by atomic mass is 10.1. The van der Waals surface area contributed by atoms with Crippen molar-refractivity contribution in [2.75, 3.05) is 24.5 Å². The molecule has 4 rings (SSSR count). The first kappa shape index (κ1) is 24.7. The van der Waals surface area contributed by atoms with Gasteiger partial charge in [-0.05, 0) is 50.8 Å². The zero-order valence-electron chi connectivity index (χ0n) is 18.7. The summed E-state index contributed by atoms with van der Waals surface area (Å²) in [5.41, 5.74) is 1.43. The van der Waals surface area contributed by atoms with Crippen LogP contribution in [0.5, 0.6) is 0 Å². The average molecular weight is 557 g/mol. The van der Waals surface area contributed by atoms with Crippen LogP contribution in [0.4, 0.5) is 10.1 Å². The Kier molecular flexibility index (Phi) is 8.69. The van der Waals surface area contributed by atoms with Crippen LogP contribution in [0.25, 0.3) is 0 Å². The molecule has 0 aliphatic carbocycles. The number of aliphatic hydroxyl groups is 1. The number of hydrogen-bond acceptors (Lipinski definition) is 5. The Hall–Kier alpha value is -1.95. The Bertz CT molecular complexity index is 927. The van der Waals surface area contributed by atoms with E-state index in [1.807, 2.05) is 35.6 Å². The maximum Gasteiger partial charge on any atom is 0.191 e. The molecule has 1 aromatic heterocycles. The Labute approximate surface area is 205 Å². The summed E-state index contributed by atoms with van der Waals surface area (Å²) < 4.78 is 16.7. The van der Waals surface area contributed by atoms with Gasteiger partial charge in [0.25, 0.3) is 0 Å². The van der Waals surface area contributed by atoms with Crippen LogP contribution in [0.3, 0.4) is 0 Å². The standard InChI is InChI=1S/C22H32FN7O.HI/c1-3-24-22(27-17-5-7-21-26-15(2)28-30(21)14-17)25-13-16-4-6-20(19(23)12-16)29-10-8-18(31)9-11-29;/h4,6,12,17-18,31H,3,5,7-11,13-14H2,1-2H3,(H2,24,25,27);1H. The van der Waals surface area contributed by atoms with Crippen molar-refractivity contribution in [3.8, 4) is 0 Å². The minimum atomic E-state index is -0.269. The van der Waals surface area contributed by atoms with E-state index < -0.39 is 0 Å². The molecule has 0 saturated carbocycles. The van der Waals surface area contributed by atoms with E-state index in [9.17, 15) is 9.50 Å². The monoisotopic (exact) mass is 557 g/mol. The molecule has 1 unspecified atom stereocenters. The number of benzene rings is 1. The third-order valence-corrected chi connectivity index (χ3v) is 5.89. The third-order valence-electron chi connectivity index (χ3n) is 5.89. The number of aryl methyl sites for hydroxylation is 2. The maximum atomic E-state index is 14.7. The van der Waals surface area contributed by atoms with Crippen molar-refractivity contribution in [1.82, 2.24) is 25.4 Å². The maximum absolute atomic E-state index is 14.7. The quantitative estimate of drug-likeness (QED) is 0.297. The normalized spacial score (nSPS) is 19.3. The van der Waals surface area contributed by atoms with E-state index in [1.165, 1.54) is 0 Å². The zero-order chi connectivity index (χ0) is 21.8. The summed E-state index contributed by atoms with van der Waals surface area (Å²) in [5, 5.41) is 20.9. The van der Waals surface area contributed by atoms with Gasteiger partial charge < -0.3 is 20.6 Å². The summed E-state index contributed by atoms with van der Waals surface area (Å²) in [4.78, 5) is 11.1. The summed E-state index contributed by atoms with van der Waals surface area (Å²) in [6.07, 6.45) is 2.95. The number of hydrogen-bond donors (Lipinski definition) is 3. The molecule has 1 fully saturated rings. The molecule has 32 heavy (non-hydrogen) atoms. The molecule has 2 aliphatic heterocycles. The van der Waals surface area contributed by atoms with Gasteiger partial charge in [0.1, 0.15) is 17.5 Å². The number of piperidine rings is 1. The van der Waals surface area contributed by atoms with Gasteiger partial charge in [-0.2, -0.15) is 5.10 Å². The molecule has 10 heteroatoms. The highest BCUT2D eigenvalue weighted by Crippen LogP contribution is 2.24. The highest BCUT2D eigenvalue weighted by molar-refractivity contribution is 14.0.